The topological polar surface area (TPSA) is 38.0 Å². The molecule has 1 rings (SSSR count). The molecule has 0 radical (unpaired) electrons. The van der Waals surface area contributed by atoms with Crippen LogP contribution in [-0.2, 0) is 13.0 Å². The van der Waals surface area contributed by atoms with Gasteiger partial charge in [0, 0.05) is 25.4 Å². The van der Waals surface area contributed by atoms with Crippen LogP contribution in [0.15, 0.2) is 12.4 Å². The van der Waals surface area contributed by atoms with E-state index < -0.39 is 0 Å². The Bertz CT molecular complexity index is 323. The van der Waals surface area contributed by atoms with E-state index in [0.717, 1.165) is 12.4 Å². The summed E-state index contributed by atoms with van der Waals surface area (Å²) in [4.78, 5) is 4.33. The average molecular weight is 238 g/mol. The summed E-state index contributed by atoms with van der Waals surface area (Å²) in [6, 6.07) is 0. The summed E-state index contributed by atoms with van der Waals surface area (Å²) in [7, 11) is 0. The molecule has 0 fully saturated rings. The lowest BCUT2D eigenvalue weighted by molar-refractivity contribution is 0.0515. The van der Waals surface area contributed by atoms with Gasteiger partial charge in [-0.1, -0.05) is 27.7 Å². The van der Waals surface area contributed by atoms with Crippen molar-refractivity contribution in [3.63, 3.8) is 0 Å². The van der Waals surface area contributed by atoms with Crippen molar-refractivity contribution in [2.45, 2.75) is 53.7 Å². The molecule has 0 bridgehead atoms. The summed E-state index contributed by atoms with van der Waals surface area (Å²) in [5.41, 5.74) is 0. The third-order valence-electron chi connectivity index (χ3n) is 3.52. The van der Waals surface area contributed by atoms with Crippen LogP contribution >= 0.6 is 0 Å². The monoisotopic (exact) mass is 238 g/mol. The minimum Gasteiger partial charge on any atom is -0.392 e. The Hall–Kier alpha value is -0.830. The fourth-order valence-corrected chi connectivity index (χ4v) is 2.80. The molecule has 0 spiro atoms. The van der Waals surface area contributed by atoms with Crippen LogP contribution in [0, 0.1) is 17.8 Å². The van der Waals surface area contributed by atoms with Gasteiger partial charge in [-0.2, -0.15) is 0 Å². The second kappa shape index (κ2) is 6.20. The predicted octanol–water partition coefficient (Wildman–Crippen LogP) is 2.73. The highest BCUT2D eigenvalue weighted by Crippen LogP contribution is 2.26. The van der Waals surface area contributed by atoms with Crippen molar-refractivity contribution in [1.82, 2.24) is 9.55 Å². The van der Waals surface area contributed by atoms with Gasteiger partial charge in [0.05, 0.1) is 6.10 Å². The summed E-state index contributed by atoms with van der Waals surface area (Å²) >= 11 is 0. The Labute approximate surface area is 105 Å². The number of hydrogen-bond acceptors (Lipinski definition) is 2. The van der Waals surface area contributed by atoms with E-state index >= 15 is 0 Å². The SMILES string of the molecule is CCn1ccnc1CC(O)C(C(C)C)C(C)C. The van der Waals surface area contributed by atoms with Gasteiger partial charge in [0.2, 0.25) is 0 Å². The molecule has 1 atom stereocenters. The van der Waals surface area contributed by atoms with Crippen LogP contribution in [0.5, 0.6) is 0 Å². The molecule has 98 valence electrons. The standard InChI is InChI=1S/C14H26N2O/c1-6-16-8-7-15-13(16)9-12(17)14(10(2)3)11(4)5/h7-8,10-12,14,17H,6,9H2,1-5H3. The number of nitrogens with zero attached hydrogens (tertiary/aromatic N) is 2. The summed E-state index contributed by atoms with van der Waals surface area (Å²) < 4.78 is 2.10. The molecule has 1 heterocycles. The normalized spacial score (nSPS) is 13.9. The maximum absolute atomic E-state index is 10.4. The molecule has 1 aromatic heterocycles. The average Bonchev–Trinajstić information content (AvgIpc) is 2.63. The molecule has 3 nitrogen and oxygen atoms in total. The van der Waals surface area contributed by atoms with E-state index in [0.29, 0.717) is 24.2 Å². The molecule has 0 saturated heterocycles. The van der Waals surface area contributed by atoms with Crippen molar-refractivity contribution in [1.29, 1.82) is 0 Å². The zero-order valence-electron chi connectivity index (χ0n) is 11.7. The lowest BCUT2D eigenvalue weighted by Gasteiger charge is -2.29. The Morgan fingerprint density at radius 2 is 1.82 bits per heavy atom. The van der Waals surface area contributed by atoms with E-state index in [1.54, 1.807) is 0 Å². The van der Waals surface area contributed by atoms with Gasteiger partial charge in [-0.25, -0.2) is 4.98 Å². The quantitative estimate of drug-likeness (QED) is 0.827. The summed E-state index contributed by atoms with van der Waals surface area (Å²) in [6.07, 6.45) is 4.14. The molecule has 3 heteroatoms. The molecular formula is C14H26N2O. The molecular weight excluding hydrogens is 212 g/mol. The van der Waals surface area contributed by atoms with Crippen molar-refractivity contribution in [2.75, 3.05) is 0 Å². The number of hydrogen-bond donors (Lipinski definition) is 1. The highest BCUT2D eigenvalue weighted by Gasteiger charge is 2.26. The van der Waals surface area contributed by atoms with E-state index in [4.69, 9.17) is 0 Å². The van der Waals surface area contributed by atoms with Crippen molar-refractivity contribution in [3.8, 4) is 0 Å². The second-order valence-corrected chi connectivity index (χ2v) is 5.47. The van der Waals surface area contributed by atoms with Crippen LogP contribution in [0.2, 0.25) is 0 Å². The maximum Gasteiger partial charge on any atom is 0.111 e. The van der Waals surface area contributed by atoms with E-state index in [-0.39, 0.29) is 6.10 Å². The van der Waals surface area contributed by atoms with Crippen LogP contribution in [0.25, 0.3) is 0 Å². The van der Waals surface area contributed by atoms with Gasteiger partial charge in [-0.05, 0) is 24.7 Å². The van der Waals surface area contributed by atoms with Gasteiger partial charge in [-0.3, -0.25) is 0 Å². The number of rotatable bonds is 6. The van der Waals surface area contributed by atoms with Crippen LogP contribution in [0.4, 0.5) is 0 Å². The van der Waals surface area contributed by atoms with E-state index in [1.165, 1.54) is 0 Å². The van der Waals surface area contributed by atoms with Gasteiger partial charge in [-0.15, -0.1) is 0 Å². The Balaban J connectivity index is 2.73. The molecule has 0 amide bonds. The van der Waals surface area contributed by atoms with E-state index in [2.05, 4.69) is 44.2 Å². The lowest BCUT2D eigenvalue weighted by Crippen LogP contribution is -2.32. The number of imidazole rings is 1. The van der Waals surface area contributed by atoms with Crippen LogP contribution in [-0.4, -0.2) is 20.8 Å². The highest BCUT2D eigenvalue weighted by atomic mass is 16.3. The minimum absolute atomic E-state index is 0.303. The van der Waals surface area contributed by atoms with Gasteiger partial charge >= 0.3 is 0 Å². The molecule has 1 unspecified atom stereocenters. The predicted molar refractivity (Wildman–Crippen MR) is 70.8 cm³/mol. The molecule has 0 aromatic carbocycles. The first-order chi connectivity index (χ1) is 7.97. The van der Waals surface area contributed by atoms with E-state index in [9.17, 15) is 5.11 Å². The lowest BCUT2D eigenvalue weighted by atomic mass is 9.80. The Morgan fingerprint density at radius 3 is 2.29 bits per heavy atom. The number of aryl methyl sites for hydroxylation is 1. The van der Waals surface area contributed by atoms with Crippen molar-refractivity contribution in [3.05, 3.63) is 18.2 Å². The Kier molecular flexibility index (Phi) is 5.19. The first-order valence-electron chi connectivity index (χ1n) is 6.65. The summed E-state index contributed by atoms with van der Waals surface area (Å²) in [5, 5.41) is 10.4. The van der Waals surface area contributed by atoms with Gasteiger partial charge < -0.3 is 9.67 Å². The first kappa shape index (κ1) is 14.2. The zero-order chi connectivity index (χ0) is 13.0. The highest BCUT2D eigenvalue weighted by molar-refractivity contribution is 4.95. The largest absolute Gasteiger partial charge is 0.392 e. The molecule has 0 saturated carbocycles. The zero-order valence-corrected chi connectivity index (χ0v) is 11.7. The second-order valence-electron chi connectivity index (χ2n) is 5.47. The number of aromatic nitrogens is 2. The van der Waals surface area contributed by atoms with E-state index in [1.807, 2.05) is 12.4 Å². The van der Waals surface area contributed by atoms with Crippen molar-refractivity contribution in [2.24, 2.45) is 17.8 Å². The fraction of sp³-hybridized carbons (Fsp3) is 0.786. The van der Waals surface area contributed by atoms with Crippen molar-refractivity contribution < 1.29 is 5.11 Å². The van der Waals surface area contributed by atoms with Crippen LogP contribution in [0.3, 0.4) is 0 Å². The summed E-state index contributed by atoms with van der Waals surface area (Å²) in [5.74, 6) is 2.31. The van der Waals surface area contributed by atoms with Gasteiger partial charge in [0.25, 0.3) is 0 Å². The number of aliphatic hydroxyl groups excluding tert-OH is 1. The van der Waals surface area contributed by atoms with Gasteiger partial charge in [0.15, 0.2) is 0 Å². The third kappa shape index (κ3) is 3.56. The molecule has 1 N–H and O–H groups in total. The fourth-order valence-electron chi connectivity index (χ4n) is 2.80. The smallest absolute Gasteiger partial charge is 0.111 e. The maximum atomic E-state index is 10.4. The van der Waals surface area contributed by atoms with Gasteiger partial charge in [0.1, 0.15) is 5.82 Å². The first-order valence-corrected chi connectivity index (χ1v) is 6.65. The third-order valence-corrected chi connectivity index (χ3v) is 3.52. The summed E-state index contributed by atoms with van der Waals surface area (Å²) in [6.45, 7) is 11.7. The number of aliphatic hydroxyl groups is 1. The molecule has 1 aromatic rings. The molecule has 0 aliphatic heterocycles. The van der Waals surface area contributed by atoms with Crippen LogP contribution in [0.1, 0.15) is 40.4 Å². The van der Waals surface area contributed by atoms with Crippen molar-refractivity contribution >= 4 is 0 Å². The van der Waals surface area contributed by atoms with Crippen LogP contribution < -0.4 is 0 Å². The minimum atomic E-state index is -0.303. The molecule has 17 heavy (non-hydrogen) atoms. The Morgan fingerprint density at radius 1 is 1.24 bits per heavy atom. The molecule has 0 aliphatic carbocycles. The molecule has 0 aliphatic rings.